The first kappa shape index (κ1) is 12.5. The van der Waals surface area contributed by atoms with Gasteiger partial charge < -0.3 is 9.64 Å². The minimum Gasteiger partial charge on any atom is -0.492 e. The molecule has 0 spiro atoms. The van der Waals surface area contributed by atoms with Gasteiger partial charge in [0.2, 0.25) is 0 Å². The zero-order valence-electron chi connectivity index (χ0n) is 9.53. The van der Waals surface area contributed by atoms with Crippen molar-refractivity contribution in [1.82, 2.24) is 4.90 Å². The van der Waals surface area contributed by atoms with E-state index in [2.05, 4.69) is 41.7 Å². The van der Waals surface area contributed by atoms with Crippen molar-refractivity contribution < 1.29 is 4.74 Å². The molecule has 1 aromatic rings. The number of nitrogens with zero attached hydrogens (tertiary/aromatic N) is 1. The average Bonchev–Trinajstić information content (AvgIpc) is 2.17. The van der Waals surface area contributed by atoms with E-state index in [1.807, 2.05) is 24.3 Å². The lowest BCUT2D eigenvalue weighted by Crippen LogP contribution is -2.30. The second-order valence-electron chi connectivity index (χ2n) is 3.88. The number of rotatable bonds is 5. The number of hydrogen-bond acceptors (Lipinski definition) is 2. The Hall–Kier alpha value is -0.540. The topological polar surface area (TPSA) is 12.5 Å². The second kappa shape index (κ2) is 6.13. The van der Waals surface area contributed by atoms with Gasteiger partial charge in [0.15, 0.2) is 0 Å². The lowest BCUT2D eigenvalue weighted by molar-refractivity contribution is 0.208. The minimum absolute atomic E-state index is 0.566. The third-order valence-corrected chi connectivity index (χ3v) is 2.88. The molecule has 0 heterocycles. The first-order valence-corrected chi connectivity index (χ1v) is 5.97. The highest BCUT2D eigenvalue weighted by atomic mass is 79.9. The summed E-state index contributed by atoms with van der Waals surface area (Å²) >= 11 is 3.42. The van der Waals surface area contributed by atoms with Crippen molar-refractivity contribution in [3.05, 3.63) is 28.7 Å². The molecule has 0 N–H and O–H groups in total. The molecule has 3 heteroatoms. The van der Waals surface area contributed by atoms with E-state index in [0.717, 1.165) is 23.4 Å². The molecule has 0 radical (unpaired) electrons. The number of ether oxygens (including phenoxy) is 1. The number of benzene rings is 1. The van der Waals surface area contributed by atoms with E-state index in [9.17, 15) is 0 Å². The quantitative estimate of drug-likeness (QED) is 0.816. The highest BCUT2D eigenvalue weighted by Gasteiger charge is 2.02. The summed E-state index contributed by atoms with van der Waals surface area (Å²) in [5.41, 5.74) is 0. The third-order valence-electron chi connectivity index (χ3n) is 2.39. The van der Waals surface area contributed by atoms with Crippen LogP contribution in [0.1, 0.15) is 13.8 Å². The predicted molar refractivity (Wildman–Crippen MR) is 67.4 cm³/mol. The fourth-order valence-corrected chi connectivity index (χ4v) is 1.50. The summed E-state index contributed by atoms with van der Waals surface area (Å²) < 4.78 is 6.69. The van der Waals surface area contributed by atoms with Crippen LogP contribution in [0.4, 0.5) is 0 Å². The summed E-state index contributed by atoms with van der Waals surface area (Å²) in [4.78, 5) is 2.26. The summed E-state index contributed by atoms with van der Waals surface area (Å²) in [6.07, 6.45) is 0. The van der Waals surface area contributed by atoms with Crippen molar-refractivity contribution in [1.29, 1.82) is 0 Å². The van der Waals surface area contributed by atoms with E-state index in [1.165, 1.54) is 0 Å². The Morgan fingerprint density at radius 1 is 1.40 bits per heavy atom. The Bertz CT molecular complexity index is 301. The summed E-state index contributed by atoms with van der Waals surface area (Å²) in [6, 6.07) is 8.49. The molecule has 0 saturated carbocycles. The zero-order chi connectivity index (χ0) is 11.3. The summed E-state index contributed by atoms with van der Waals surface area (Å²) in [7, 11) is 2.11. The van der Waals surface area contributed by atoms with E-state index < -0.39 is 0 Å². The van der Waals surface area contributed by atoms with Crippen LogP contribution >= 0.6 is 15.9 Å². The molecule has 15 heavy (non-hydrogen) atoms. The minimum atomic E-state index is 0.566. The molecule has 2 nitrogen and oxygen atoms in total. The lowest BCUT2D eigenvalue weighted by atomic mass is 10.3. The molecule has 0 amide bonds. The van der Waals surface area contributed by atoms with E-state index >= 15 is 0 Å². The monoisotopic (exact) mass is 271 g/mol. The standard InChI is InChI=1S/C12H18BrNO/c1-10(2)14(3)7-8-15-12-6-4-5-11(13)9-12/h4-6,9-10H,7-8H2,1-3H3. The van der Waals surface area contributed by atoms with Gasteiger partial charge in [-0.25, -0.2) is 0 Å². The molecule has 1 aromatic carbocycles. The van der Waals surface area contributed by atoms with Crippen LogP contribution < -0.4 is 4.74 Å². The largest absolute Gasteiger partial charge is 0.492 e. The second-order valence-corrected chi connectivity index (χ2v) is 4.80. The zero-order valence-corrected chi connectivity index (χ0v) is 11.1. The van der Waals surface area contributed by atoms with E-state index in [-0.39, 0.29) is 0 Å². The molecule has 0 fully saturated rings. The molecule has 1 rings (SSSR count). The molecule has 0 aliphatic heterocycles. The van der Waals surface area contributed by atoms with Crippen molar-refractivity contribution in [2.24, 2.45) is 0 Å². The molecular formula is C12H18BrNO. The van der Waals surface area contributed by atoms with Gasteiger partial charge in [-0.1, -0.05) is 22.0 Å². The van der Waals surface area contributed by atoms with Crippen LogP contribution in [-0.4, -0.2) is 31.1 Å². The smallest absolute Gasteiger partial charge is 0.120 e. The fourth-order valence-electron chi connectivity index (χ4n) is 1.12. The Labute approximate surface area is 100 Å². The molecule has 0 saturated heterocycles. The molecule has 0 atom stereocenters. The summed E-state index contributed by atoms with van der Waals surface area (Å²) in [6.45, 7) is 6.04. The van der Waals surface area contributed by atoms with E-state index in [4.69, 9.17) is 4.74 Å². The van der Waals surface area contributed by atoms with Crippen LogP contribution in [0.3, 0.4) is 0 Å². The van der Waals surface area contributed by atoms with Crippen LogP contribution in [0.15, 0.2) is 28.7 Å². The Morgan fingerprint density at radius 3 is 2.73 bits per heavy atom. The van der Waals surface area contributed by atoms with Gasteiger partial charge in [-0.3, -0.25) is 0 Å². The molecule has 0 aliphatic rings. The van der Waals surface area contributed by atoms with Gasteiger partial charge >= 0.3 is 0 Å². The third kappa shape index (κ3) is 4.67. The molecule has 0 unspecified atom stereocenters. The van der Waals surface area contributed by atoms with Crippen molar-refractivity contribution in [3.8, 4) is 5.75 Å². The van der Waals surface area contributed by atoms with Gasteiger partial charge in [-0.05, 0) is 39.1 Å². The van der Waals surface area contributed by atoms with E-state index in [0.29, 0.717) is 6.04 Å². The molecular weight excluding hydrogens is 254 g/mol. The maximum absolute atomic E-state index is 5.64. The summed E-state index contributed by atoms with van der Waals surface area (Å²) in [5, 5.41) is 0. The maximum atomic E-state index is 5.64. The van der Waals surface area contributed by atoms with Crippen LogP contribution in [0.2, 0.25) is 0 Å². The Morgan fingerprint density at radius 2 is 2.13 bits per heavy atom. The SMILES string of the molecule is CC(C)N(C)CCOc1cccc(Br)c1. The van der Waals surface area contributed by atoms with Crippen molar-refractivity contribution >= 4 is 15.9 Å². The Balaban J connectivity index is 2.32. The maximum Gasteiger partial charge on any atom is 0.120 e. The highest BCUT2D eigenvalue weighted by Crippen LogP contribution is 2.17. The van der Waals surface area contributed by atoms with Crippen molar-refractivity contribution in [2.45, 2.75) is 19.9 Å². The van der Waals surface area contributed by atoms with Gasteiger partial charge in [0.1, 0.15) is 12.4 Å². The number of halogens is 1. The van der Waals surface area contributed by atoms with E-state index in [1.54, 1.807) is 0 Å². The highest BCUT2D eigenvalue weighted by molar-refractivity contribution is 9.10. The molecule has 0 aromatic heterocycles. The lowest BCUT2D eigenvalue weighted by Gasteiger charge is -2.20. The van der Waals surface area contributed by atoms with Gasteiger partial charge in [0.05, 0.1) is 0 Å². The summed E-state index contributed by atoms with van der Waals surface area (Å²) in [5.74, 6) is 0.918. The van der Waals surface area contributed by atoms with Crippen LogP contribution in [0, 0.1) is 0 Å². The number of hydrogen-bond donors (Lipinski definition) is 0. The normalized spacial score (nSPS) is 11.1. The molecule has 0 aliphatic carbocycles. The molecule has 0 bridgehead atoms. The van der Waals surface area contributed by atoms with Gasteiger partial charge in [-0.2, -0.15) is 0 Å². The van der Waals surface area contributed by atoms with Crippen molar-refractivity contribution in [2.75, 3.05) is 20.2 Å². The van der Waals surface area contributed by atoms with Crippen LogP contribution in [0.5, 0.6) is 5.75 Å². The first-order valence-electron chi connectivity index (χ1n) is 5.18. The van der Waals surface area contributed by atoms with Gasteiger partial charge in [0, 0.05) is 17.1 Å². The van der Waals surface area contributed by atoms with Crippen molar-refractivity contribution in [3.63, 3.8) is 0 Å². The Kier molecular flexibility index (Phi) is 5.12. The molecule has 84 valence electrons. The van der Waals surface area contributed by atoms with Gasteiger partial charge in [-0.15, -0.1) is 0 Å². The van der Waals surface area contributed by atoms with Crippen LogP contribution in [-0.2, 0) is 0 Å². The van der Waals surface area contributed by atoms with Gasteiger partial charge in [0.25, 0.3) is 0 Å². The average molecular weight is 272 g/mol. The number of likely N-dealkylation sites (N-methyl/N-ethyl adjacent to an activating group) is 1. The fraction of sp³-hybridized carbons (Fsp3) is 0.500. The van der Waals surface area contributed by atoms with Crippen LogP contribution in [0.25, 0.3) is 0 Å². The first-order chi connectivity index (χ1) is 7.09. The predicted octanol–water partition coefficient (Wildman–Crippen LogP) is 3.17.